The predicted molar refractivity (Wildman–Crippen MR) is 141 cm³/mol. The summed E-state index contributed by atoms with van der Waals surface area (Å²) in [4.78, 5) is 25.0. The number of nitrogens with zero attached hydrogens (tertiary/aromatic N) is 5. The number of pyridine rings is 1. The fraction of sp³-hybridized carbons (Fsp3) is 0.231. The Hall–Kier alpha value is -4.11. The summed E-state index contributed by atoms with van der Waals surface area (Å²) < 4.78 is 7.77. The van der Waals surface area contributed by atoms with Gasteiger partial charge >= 0.3 is 0 Å². The molecule has 182 valence electrons. The molecule has 0 aliphatic carbocycles. The number of para-hydroxylation sites is 1. The number of nitrogens with two attached hydrogens (primary N) is 1. The molecule has 0 amide bonds. The number of hydrogen-bond acceptors (Lipinski definition) is 7. The largest absolute Gasteiger partial charge is 0.488 e. The third-order valence-corrected chi connectivity index (χ3v) is 6.93. The van der Waals surface area contributed by atoms with Gasteiger partial charge in [0.25, 0.3) is 5.56 Å². The standard InChI is InChI=1S/C26H24ClN7O2/c1-33(14-18-11-8-16-4-2-3-5-20(16)36-18)26-29-13-19-22-21(23(28)32-31-22)25(35)34(24(19)30-26)17-9-6-15(12-27)7-10-17/h2-7,9-10,13,18H,8,11-12,14H2,1H3,(H3,28,31,32)/t18-/m1/s1. The van der Waals surface area contributed by atoms with Crippen LogP contribution in [-0.4, -0.2) is 44.4 Å². The summed E-state index contributed by atoms with van der Waals surface area (Å²) in [5, 5.41) is 7.89. The van der Waals surface area contributed by atoms with Crippen LogP contribution in [0.25, 0.3) is 27.6 Å². The van der Waals surface area contributed by atoms with Crippen molar-refractivity contribution in [3.05, 3.63) is 76.2 Å². The number of hydrogen-bond donors (Lipinski definition) is 2. The van der Waals surface area contributed by atoms with E-state index in [1.54, 1.807) is 10.8 Å². The van der Waals surface area contributed by atoms with Gasteiger partial charge in [-0.25, -0.2) is 4.98 Å². The van der Waals surface area contributed by atoms with E-state index >= 15 is 0 Å². The molecule has 3 aromatic heterocycles. The van der Waals surface area contributed by atoms with E-state index in [0.717, 1.165) is 24.2 Å². The van der Waals surface area contributed by atoms with Crippen LogP contribution in [0.3, 0.4) is 0 Å². The molecular formula is C26H24ClN7O2. The first-order chi connectivity index (χ1) is 17.5. The minimum Gasteiger partial charge on any atom is -0.488 e. The Kier molecular flexibility index (Phi) is 5.49. The van der Waals surface area contributed by atoms with Crippen LogP contribution in [0.2, 0.25) is 0 Å². The van der Waals surface area contributed by atoms with Crippen LogP contribution in [0.15, 0.2) is 59.5 Å². The zero-order valence-corrected chi connectivity index (χ0v) is 20.4. The number of H-pyrrole nitrogens is 1. The van der Waals surface area contributed by atoms with Gasteiger partial charge in [0.15, 0.2) is 11.5 Å². The molecule has 0 saturated heterocycles. The number of nitrogens with one attached hydrogen (secondary N) is 1. The van der Waals surface area contributed by atoms with Crippen molar-refractivity contribution in [3.63, 3.8) is 0 Å². The Balaban J connectivity index is 1.42. The molecule has 0 fully saturated rings. The smallest absolute Gasteiger partial charge is 0.270 e. The number of anilines is 2. The van der Waals surface area contributed by atoms with Gasteiger partial charge < -0.3 is 15.4 Å². The molecule has 6 rings (SSSR count). The summed E-state index contributed by atoms with van der Waals surface area (Å²) in [7, 11) is 1.93. The summed E-state index contributed by atoms with van der Waals surface area (Å²) in [6.45, 7) is 0.605. The van der Waals surface area contributed by atoms with E-state index < -0.39 is 0 Å². The van der Waals surface area contributed by atoms with Crippen molar-refractivity contribution < 1.29 is 4.74 Å². The van der Waals surface area contributed by atoms with E-state index in [1.165, 1.54) is 5.56 Å². The summed E-state index contributed by atoms with van der Waals surface area (Å²) in [5.74, 6) is 1.94. The molecular weight excluding hydrogens is 478 g/mol. The monoisotopic (exact) mass is 501 g/mol. The fourth-order valence-electron chi connectivity index (χ4n) is 4.74. The normalized spacial score (nSPS) is 15.1. The van der Waals surface area contributed by atoms with E-state index in [2.05, 4.69) is 21.2 Å². The molecule has 9 nitrogen and oxygen atoms in total. The quantitative estimate of drug-likeness (QED) is 0.352. The summed E-state index contributed by atoms with van der Waals surface area (Å²) >= 11 is 5.97. The number of aryl methyl sites for hydroxylation is 1. The number of rotatable bonds is 5. The highest BCUT2D eigenvalue weighted by Crippen LogP contribution is 2.29. The summed E-state index contributed by atoms with van der Waals surface area (Å²) in [5.41, 5.74) is 9.54. The van der Waals surface area contributed by atoms with Gasteiger partial charge in [-0.05, 0) is 42.2 Å². The first kappa shape index (κ1) is 22.4. The van der Waals surface area contributed by atoms with Crippen LogP contribution in [0, 0.1) is 0 Å². The molecule has 10 heteroatoms. The highest BCUT2D eigenvalue weighted by Gasteiger charge is 2.23. The van der Waals surface area contributed by atoms with Gasteiger partial charge in [-0.2, -0.15) is 10.1 Å². The maximum absolute atomic E-state index is 13.6. The summed E-state index contributed by atoms with van der Waals surface area (Å²) in [6.07, 6.45) is 3.57. The van der Waals surface area contributed by atoms with Crippen LogP contribution in [0.5, 0.6) is 5.75 Å². The highest BCUT2D eigenvalue weighted by molar-refractivity contribution is 6.17. The van der Waals surface area contributed by atoms with E-state index in [-0.39, 0.29) is 17.5 Å². The zero-order valence-electron chi connectivity index (χ0n) is 19.6. The Labute approximate surface area is 211 Å². The molecule has 0 bridgehead atoms. The summed E-state index contributed by atoms with van der Waals surface area (Å²) in [6, 6.07) is 15.6. The minimum absolute atomic E-state index is 0.00405. The lowest BCUT2D eigenvalue weighted by molar-refractivity contribution is 0.179. The predicted octanol–water partition coefficient (Wildman–Crippen LogP) is 3.81. The molecule has 4 heterocycles. The molecule has 2 aromatic carbocycles. The van der Waals surface area contributed by atoms with Crippen LogP contribution in [0.4, 0.5) is 11.8 Å². The van der Waals surface area contributed by atoms with Gasteiger partial charge in [0, 0.05) is 19.1 Å². The number of ether oxygens (including phenoxy) is 1. The second-order valence-corrected chi connectivity index (χ2v) is 9.24. The van der Waals surface area contributed by atoms with Gasteiger partial charge in [-0.1, -0.05) is 30.3 Å². The average Bonchev–Trinajstić information content (AvgIpc) is 3.30. The Morgan fingerprint density at radius 2 is 2.03 bits per heavy atom. The average molecular weight is 502 g/mol. The lowest BCUT2D eigenvalue weighted by Gasteiger charge is -2.29. The topological polar surface area (TPSA) is 115 Å². The molecule has 1 aliphatic heterocycles. The van der Waals surface area contributed by atoms with E-state index in [9.17, 15) is 4.79 Å². The minimum atomic E-state index is -0.304. The van der Waals surface area contributed by atoms with Gasteiger partial charge in [0.2, 0.25) is 5.95 Å². The maximum atomic E-state index is 13.6. The van der Waals surface area contributed by atoms with Gasteiger partial charge in [-0.15, -0.1) is 11.6 Å². The third kappa shape index (κ3) is 3.72. The first-order valence-corrected chi connectivity index (χ1v) is 12.2. The van der Waals surface area contributed by atoms with E-state index in [4.69, 9.17) is 27.1 Å². The molecule has 1 atom stereocenters. The van der Waals surface area contributed by atoms with Crippen molar-refractivity contribution in [2.75, 3.05) is 24.2 Å². The number of benzene rings is 2. The van der Waals surface area contributed by atoms with Gasteiger partial charge in [-0.3, -0.25) is 14.5 Å². The lowest BCUT2D eigenvalue weighted by Crippen LogP contribution is -2.36. The third-order valence-electron chi connectivity index (χ3n) is 6.62. The maximum Gasteiger partial charge on any atom is 0.270 e. The molecule has 1 aliphatic rings. The van der Waals surface area contributed by atoms with Crippen LogP contribution < -0.4 is 20.9 Å². The molecule has 0 spiro atoms. The molecule has 3 N–H and O–H groups in total. The van der Waals surface area contributed by atoms with Crippen LogP contribution >= 0.6 is 11.6 Å². The number of alkyl halides is 1. The van der Waals surface area contributed by atoms with Crippen LogP contribution in [0.1, 0.15) is 17.5 Å². The first-order valence-electron chi connectivity index (χ1n) is 11.7. The van der Waals surface area contributed by atoms with E-state index in [1.807, 2.05) is 54.4 Å². The number of halogens is 1. The van der Waals surface area contributed by atoms with Gasteiger partial charge in [0.1, 0.15) is 17.2 Å². The fourth-order valence-corrected chi connectivity index (χ4v) is 4.92. The Morgan fingerprint density at radius 3 is 2.83 bits per heavy atom. The van der Waals surface area contributed by atoms with Crippen molar-refractivity contribution in [1.82, 2.24) is 24.7 Å². The second-order valence-electron chi connectivity index (χ2n) is 8.97. The SMILES string of the molecule is CN(C[C@H]1CCc2ccccc2O1)c1ncc2c3[nH]nc(N)c3c(=O)n(-c3ccc(CCl)cc3)c2n1. The van der Waals surface area contributed by atoms with Crippen molar-refractivity contribution in [1.29, 1.82) is 0 Å². The van der Waals surface area contributed by atoms with Crippen molar-refractivity contribution in [3.8, 4) is 11.4 Å². The number of aromatic nitrogens is 5. The Morgan fingerprint density at radius 1 is 1.22 bits per heavy atom. The number of nitrogen functional groups attached to an aromatic ring is 1. The highest BCUT2D eigenvalue weighted by atomic mass is 35.5. The van der Waals surface area contributed by atoms with E-state index in [0.29, 0.717) is 46.0 Å². The Bertz CT molecular complexity index is 1640. The molecule has 0 saturated carbocycles. The number of likely N-dealkylation sites (N-methyl/N-ethyl adjacent to an activating group) is 1. The van der Waals surface area contributed by atoms with Gasteiger partial charge in [0.05, 0.1) is 23.1 Å². The molecule has 36 heavy (non-hydrogen) atoms. The van der Waals surface area contributed by atoms with Crippen molar-refractivity contribution in [2.45, 2.75) is 24.8 Å². The second kappa shape index (κ2) is 8.83. The molecule has 0 unspecified atom stereocenters. The van der Waals surface area contributed by atoms with Crippen molar-refractivity contribution >= 4 is 45.3 Å². The molecule has 0 radical (unpaired) electrons. The van der Waals surface area contributed by atoms with Crippen molar-refractivity contribution in [2.24, 2.45) is 0 Å². The number of fused-ring (bicyclic) bond motifs is 4. The van der Waals surface area contributed by atoms with Crippen LogP contribution in [-0.2, 0) is 12.3 Å². The zero-order chi connectivity index (χ0) is 24.8. The molecule has 5 aromatic rings. The lowest BCUT2D eigenvalue weighted by atomic mass is 10.0. The number of aromatic amines is 1.